The molecule has 0 saturated heterocycles. The summed E-state index contributed by atoms with van der Waals surface area (Å²) in [5.41, 5.74) is 10.7. The average Bonchev–Trinajstić information content (AvgIpc) is 3.92. The summed E-state index contributed by atoms with van der Waals surface area (Å²) in [4.78, 5) is 53.4. The first-order chi connectivity index (χ1) is 39.0. The second-order valence-corrected chi connectivity index (χ2v) is 19.0. The summed E-state index contributed by atoms with van der Waals surface area (Å²) in [5.74, 6) is -0.198. The van der Waals surface area contributed by atoms with E-state index in [4.69, 9.17) is 85.6 Å². The Kier molecular flexibility index (Phi) is 32.0. The number of amidine groups is 1. The standard InChI is InChI=1S/C53H72Cl2N8O16S/c1-2-9-63(38-43-5-8-60-62-43)53(66)41-30-40-4-3-39(31-47(40)61-48(56)32-41)42-35-57-49(58-36-42)37-59-50(64)6-10-69-12-14-71-16-18-73-20-22-75-24-26-77-28-29-78-27-25-76-23-21-74-19-17-72-15-13-70-11-7-51(65)79-52-45(54)33-44(80(67)68)34-46(52)55/h3-5,8,30-31,33-36H,2,6-7,9-29,32,37-38H2,1H3,(H2,56,61)(H,59,64)(H,60,62)(H,67,68). The van der Waals surface area contributed by atoms with Crippen molar-refractivity contribution in [2.45, 2.75) is 50.6 Å². The van der Waals surface area contributed by atoms with Gasteiger partial charge in [-0.15, -0.1) is 0 Å². The summed E-state index contributed by atoms with van der Waals surface area (Å²) >= 11 is 9.74. The number of benzene rings is 2. The third-order valence-electron chi connectivity index (χ3n) is 11.1. The molecule has 4 aromatic rings. The van der Waals surface area contributed by atoms with E-state index in [1.54, 1.807) is 23.5 Å². The Morgan fingerprint density at radius 2 is 1.20 bits per heavy atom. The van der Waals surface area contributed by atoms with Gasteiger partial charge in [0, 0.05) is 54.7 Å². The van der Waals surface area contributed by atoms with E-state index in [0.29, 0.717) is 148 Å². The van der Waals surface area contributed by atoms with Crippen molar-refractivity contribution in [2.75, 3.05) is 139 Å². The first-order valence-electron chi connectivity index (χ1n) is 26.1. The molecular formula is C53H72Cl2N8O16S. The lowest BCUT2D eigenvalue weighted by Crippen LogP contribution is -2.33. The number of aliphatic imine (C=N–C) groups is 1. The SMILES string of the molecule is CCCN(Cc1cc[nH]n1)C(=O)C1=Cc2ccc(-c3cnc(CNC(=O)CCOCCOCCOCCOCCOCCOCCOCCOCCOCCOCCC(=O)Oc4c(Cl)cc(S(=O)O)cc4Cl)nc3)cc2N=C(N)C1. The van der Waals surface area contributed by atoms with Crippen LogP contribution in [0, 0.1) is 0 Å². The van der Waals surface area contributed by atoms with Crippen molar-refractivity contribution in [1.29, 1.82) is 0 Å². The van der Waals surface area contributed by atoms with Crippen LogP contribution in [0.25, 0.3) is 17.2 Å². The number of nitrogens with two attached hydrogens (primary N) is 1. The van der Waals surface area contributed by atoms with Gasteiger partial charge in [0.15, 0.2) is 16.8 Å². The highest BCUT2D eigenvalue weighted by atomic mass is 35.5. The maximum atomic E-state index is 13.6. The molecule has 5 N–H and O–H groups in total. The molecule has 2 aromatic carbocycles. The van der Waals surface area contributed by atoms with Crippen LogP contribution in [-0.2, 0) is 85.9 Å². The van der Waals surface area contributed by atoms with Gasteiger partial charge in [0.2, 0.25) is 5.91 Å². The zero-order chi connectivity index (χ0) is 57.0. The molecule has 1 aliphatic heterocycles. The van der Waals surface area contributed by atoms with E-state index >= 15 is 0 Å². The first kappa shape index (κ1) is 65.5. The number of hydrogen-bond donors (Lipinski definition) is 4. The number of amides is 2. The molecule has 5 rings (SSSR count). The van der Waals surface area contributed by atoms with Crippen molar-refractivity contribution in [2.24, 2.45) is 10.7 Å². The smallest absolute Gasteiger partial charge is 0.313 e. The topological polar surface area (TPSA) is 298 Å². The Morgan fingerprint density at radius 1 is 0.700 bits per heavy atom. The number of esters is 1. The van der Waals surface area contributed by atoms with Crippen molar-refractivity contribution >= 4 is 69.7 Å². The molecule has 27 heteroatoms. The third-order valence-corrected chi connectivity index (χ3v) is 12.3. The zero-order valence-corrected chi connectivity index (χ0v) is 47.2. The Morgan fingerprint density at radius 3 is 1.68 bits per heavy atom. The Bertz CT molecular complexity index is 2530. The van der Waals surface area contributed by atoms with Crippen molar-refractivity contribution in [1.82, 2.24) is 30.4 Å². The van der Waals surface area contributed by atoms with E-state index in [9.17, 15) is 18.6 Å². The van der Waals surface area contributed by atoms with Crippen LogP contribution in [0.5, 0.6) is 5.75 Å². The summed E-state index contributed by atoms with van der Waals surface area (Å²) in [7, 11) is 0. The van der Waals surface area contributed by atoms with Gasteiger partial charge in [-0.3, -0.25) is 19.5 Å². The molecule has 0 saturated carbocycles. The maximum absolute atomic E-state index is 13.6. The number of ether oxygens (including phenoxy) is 11. The quantitative estimate of drug-likeness (QED) is 0.0193. The van der Waals surface area contributed by atoms with Gasteiger partial charge < -0.3 is 72.6 Å². The number of aromatic amines is 1. The molecule has 0 spiro atoms. The molecular weight excluding hydrogens is 1110 g/mol. The number of H-pyrrole nitrogens is 1. The molecule has 0 bridgehead atoms. The number of hydrogen-bond acceptors (Lipinski definition) is 20. The van der Waals surface area contributed by atoms with E-state index in [0.717, 1.165) is 28.8 Å². The minimum atomic E-state index is -2.27. The molecule has 24 nitrogen and oxygen atoms in total. The molecule has 1 aliphatic rings. The van der Waals surface area contributed by atoms with Gasteiger partial charge >= 0.3 is 5.97 Å². The van der Waals surface area contributed by atoms with Crippen molar-refractivity contribution in [3.63, 3.8) is 0 Å². The van der Waals surface area contributed by atoms with Crippen LogP contribution in [0.1, 0.15) is 49.7 Å². The molecule has 440 valence electrons. The molecule has 2 amide bonds. The van der Waals surface area contributed by atoms with Crippen LogP contribution in [0.15, 0.2) is 70.4 Å². The fourth-order valence-electron chi connectivity index (χ4n) is 7.17. The highest BCUT2D eigenvalue weighted by Gasteiger charge is 2.23. The second-order valence-electron chi connectivity index (χ2n) is 17.2. The van der Waals surface area contributed by atoms with Crippen LogP contribution >= 0.6 is 23.2 Å². The monoisotopic (exact) mass is 1180 g/mol. The lowest BCUT2D eigenvalue weighted by Gasteiger charge is -2.22. The van der Waals surface area contributed by atoms with Gasteiger partial charge in [-0.25, -0.2) is 19.2 Å². The van der Waals surface area contributed by atoms with E-state index < -0.39 is 17.0 Å². The van der Waals surface area contributed by atoms with Gasteiger partial charge in [0.25, 0.3) is 5.91 Å². The predicted octanol–water partition coefficient (Wildman–Crippen LogP) is 5.14. The van der Waals surface area contributed by atoms with E-state index in [1.165, 1.54) is 12.1 Å². The van der Waals surface area contributed by atoms with Crippen molar-refractivity contribution < 1.29 is 75.3 Å². The summed E-state index contributed by atoms with van der Waals surface area (Å²) in [5, 5.41) is 9.72. The number of halogens is 2. The second kappa shape index (κ2) is 39.1. The minimum absolute atomic E-state index is 0.00978. The molecule has 3 heterocycles. The fourth-order valence-corrected chi connectivity index (χ4v) is 8.30. The number of rotatable bonds is 43. The van der Waals surface area contributed by atoms with Gasteiger partial charge in [0.1, 0.15) is 11.7 Å². The largest absolute Gasteiger partial charge is 0.423 e. The van der Waals surface area contributed by atoms with E-state index in [2.05, 4.69) is 30.5 Å². The normalized spacial score (nSPS) is 12.6. The average molecular weight is 1180 g/mol. The predicted molar refractivity (Wildman–Crippen MR) is 296 cm³/mol. The number of carbonyl (C=O) groups is 3. The lowest BCUT2D eigenvalue weighted by atomic mass is 10.0. The molecule has 0 fully saturated rings. The molecule has 2 aromatic heterocycles. The van der Waals surface area contributed by atoms with Gasteiger partial charge in [-0.2, -0.15) is 5.10 Å². The number of fused-ring (bicyclic) bond motifs is 1. The third kappa shape index (κ3) is 26.0. The fraction of sp³-hybridized carbons (Fsp3) is 0.528. The number of nitrogens with one attached hydrogen (secondary N) is 2. The number of nitrogens with zero attached hydrogens (tertiary/aromatic N) is 5. The molecule has 0 radical (unpaired) electrons. The first-order valence-corrected chi connectivity index (χ1v) is 28.0. The summed E-state index contributed by atoms with van der Waals surface area (Å²) in [6.07, 6.45) is 8.13. The zero-order valence-electron chi connectivity index (χ0n) is 44.9. The number of carbonyl (C=O) groups excluding carboxylic acids is 3. The Hall–Kier alpha value is -5.36. The lowest BCUT2D eigenvalue weighted by molar-refractivity contribution is -0.135. The van der Waals surface area contributed by atoms with E-state index in [-0.39, 0.29) is 78.1 Å². The Balaban J connectivity index is 0.742. The summed E-state index contributed by atoms with van der Waals surface area (Å²) < 4.78 is 80.4. The minimum Gasteiger partial charge on any atom is -0.423 e. The highest BCUT2D eigenvalue weighted by Crippen LogP contribution is 2.36. The van der Waals surface area contributed by atoms with Gasteiger partial charge in [0.05, 0.1) is 178 Å². The maximum Gasteiger partial charge on any atom is 0.313 e. The van der Waals surface area contributed by atoms with Crippen LogP contribution in [0.4, 0.5) is 5.69 Å². The van der Waals surface area contributed by atoms with Gasteiger partial charge in [-0.1, -0.05) is 42.3 Å². The molecule has 0 aliphatic carbocycles. The summed E-state index contributed by atoms with van der Waals surface area (Å²) in [6.45, 7) is 10.7. The van der Waals surface area contributed by atoms with Gasteiger partial charge in [-0.05, 0) is 42.3 Å². The molecule has 1 unspecified atom stereocenters. The van der Waals surface area contributed by atoms with Crippen molar-refractivity contribution in [3.05, 3.63) is 87.7 Å². The van der Waals surface area contributed by atoms with Crippen LogP contribution in [0.2, 0.25) is 10.0 Å². The van der Waals surface area contributed by atoms with Crippen molar-refractivity contribution in [3.8, 4) is 16.9 Å². The highest BCUT2D eigenvalue weighted by molar-refractivity contribution is 7.79. The van der Waals surface area contributed by atoms with Crippen LogP contribution in [-0.4, -0.2) is 196 Å². The van der Waals surface area contributed by atoms with Crippen LogP contribution in [0.3, 0.4) is 0 Å². The van der Waals surface area contributed by atoms with Crippen LogP contribution < -0.4 is 15.8 Å². The Labute approximate surface area is 477 Å². The van der Waals surface area contributed by atoms with E-state index in [1.807, 2.05) is 37.3 Å². The molecule has 1 atom stereocenters. The molecule has 80 heavy (non-hydrogen) atoms. The number of aromatic nitrogens is 4. The summed E-state index contributed by atoms with van der Waals surface area (Å²) in [6, 6.07) is 9.98.